The van der Waals surface area contributed by atoms with E-state index in [-0.39, 0.29) is 11.8 Å². The Morgan fingerprint density at radius 2 is 2.11 bits per heavy atom. The summed E-state index contributed by atoms with van der Waals surface area (Å²) >= 11 is 8.65. The van der Waals surface area contributed by atoms with Crippen LogP contribution in [-0.2, 0) is 9.84 Å². The number of rotatable bonds is 7. The highest BCUT2D eigenvalue weighted by Gasteiger charge is 2.16. The van der Waals surface area contributed by atoms with Gasteiger partial charge in [-0.15, -0.1) is 11.3 Å². The molecule has 0 aliphatic rings. The molecule has 0 fully saturated rings. The van der Waals surface area contributed by atoms with Crippen LogP contribution in [0.2, 0.25) is 0 Å². The molecule has 1 atom stereocenters. The minimum atomic E-state index is -2.87. The van der Waals surface area contributed by atoms with E-state index in [0.29, 0.717) is 6.42 Å². The van der Waals surface area contributed by atoms with Crippen LogP contribution in [0.3, 0.4) is 0 Å². The minimum Gasteiger partial charge on any atom is -0.310 e. The van der Waals surface area contributed by atoms with Crippen molar-refractivity contribution in [1.82, 2.24) is 5.32 Å². The maximum Gasteiger partial charge on any atom is 0.147 e. The van der Waals surface area contributed by atoms with Gasteiger partial charge in [-0.2, -0.15) is 0 Å². The first-order valence-electron chi connectivity index (χ1n) is 5.69. The molecule has 0 aliphatic carbocycles. The van der Waals surface area contributed by atoms with E-state index in [2.05, 4.69) is 50.2 Å². The lowest BCUT2D eigenvalue weighted by atomic mass is 10.1. The van der Waals surface area contributed by atoms with Gasteiger partial charge in [0.25, 0.3) is 0 Å². The Morgan fingerprint density at radius 1 is 1.44 bits per heavy atom. The van der Waals surface area contributed by atoms with E-state index >= 15 is 0 Å². The molecule has 0 bridgehead atoms. The molecule has 0 amide bonds. The Bertz CT molecular complexity index is 485. The van der Waals surface area contributed by atoms with E-state index in [4.69, 9.17) is 0 Å². The average Bonchev–Trinajstić information content (AvgIpc) is 2.55. The second-order valence-corrected chi connectivity index (χ2v) is 10.2. The highest BCUT2D eigenvalue weighted by Crippen LogP contribution is 2.36. The Hall–Kier alpha value is 0.570. The summed E-state index contributed by atoms with van der Waals surface area (Å²) in [6.07, 6.45) is 2.78. The molecule has 0 radical (unpaired) electrons. The second-order valence-electron chi connectivity index (χ2n) is 4.16. The zero-order valence-corrected chi connectivity index (χ0v) is 15.2. The van der Waals surface area contributed by atoms with Gasteiger partial charge in [0, 0.05) is 18.1 Å². The van der Waals surface area contributed by atoms with Gasteiger partial charge in [0.2, 0.25) is 0 Å². The molecule has 7 heteroatoms. The number of thiophene rings is 1. The van der Waals surface area contributed by atoms with Gasteiger partial charge < -0.3 is 5.32 Å². The molecule has 0 saturated carbocycles. The first kappa shape index (κ1) is 16.6. The molecule has 104 valence electrons. The molecule has 18 heavy (non-hydrogen) atoms. The number of hydrogen-bond acceptors (Lipinski definition) is 4. The number of hydrogen-bond donors (Lipinski definition) is 1. The molecule has 1 aromatic rings. The Balaban J connectivity index is 2.68. The molecule has 1 heterocycles. The lowest BCUT2D eigenvalue weighted by Gasteiger charge is -2.17. The normalized spacial score (nSPS) is 13.8. The lowest BCUT2D eigenvalue weighted by Crippen LogP contribution is -2.21. The van der Waals surface area contributed by atoms with Crippen molar-refractivity contribution in [2.75, 3.05) is 18.6 Å². The van der Waals surface area contributed by atoms with Crippen molar-refractivity contribution < 1.29 is 8.42 Å². The molecule has 1 unspecified atom stereocenters. The third kappa shape index (κ3) is 5.69. The third-order valence-corrected chi connectivity index (χ3v) is 5.93. The van der Waals surface area contributed by atoms with Crippen LogP contribution in [0.15, 0.2) is 13.6 Å². The van der Waals surface area contributed by atoms with Crippen molar-refractivity contribution in [3.8, 4) is 0 Å². The molecule has 0 saturated heterocycles. The van der Waals surface area contributed by atoms with E-state index in [1.807, 2.05) is 0 Å². The monoisotopic (exact) mass is 417 g/mol. The van der Waals surface area contributed by atoms with Crippen molar-refractivity contribution in [3.63, 3.8) is 0 Å². The summed E-state index contributed by atoms with van der Waals surface area (Å²) in [6, 6.07) is 2.29. The van der Waals surface area contributed by atoms with Crippen LogP contribution in [0.4, 0.5) is 0 Å². The SMILES string of the molecule is CCNC(CCCS(C)(=O)=O)c1cc(Br)sc1Br. The first-order valence-corrected chi connectivity index (χ1v) is 10.2. The van der Waals surface area contributed by atoms with E-state index in [1.165, 1.54) is 11.8 Å². The summed E-state index contributed by atoms with van der Waals surface area (Å²) in [7, 11) is -2.87. The summed E-state index contributed by atoms with van der Waals surface area (Å²) in [5.41, 5.74) is 1.20. The molecule has 1 rings (SSSR count). The quantitative estimate of drug-likeness (QED) is 0.733. The van der Waals surface area contributed by atoms with Gasteiger partial charge in [-0.25, -0.2) is 8.42 Å². The molecule has 1 aromatic heterocycles. The van der Waals surface area contributed by atoms with Crippen molar-refractivity contribution in [3.05, 3.63) is 19.2 Å². The maximum atomic E-state index is 11.1. The smallest absolute Gasteiger partial charge is 0.147 e. The summed E-state index contributed by atoms with van der Waals surface area (Å²) in [5, 5.41) is 3.40. The second kappa shape index (κ2) is 7.38. The van der Waals surface area contributed by atoms with Crippen molar-refractivity contribution in [1.29, 1.82) is 0 Å². The van der Waals surface area contributed by atoms with Gasteiger partial charge in [0.05, 0.1) is 7.57 Å². The molecule has 0 aliphatic heterocycles. The summed E-state index contributed by atoms with van der Waals surface area (Å²) in [6.45, 7) is 2.92. The van der Waals surface area contributed by atoms with E-state index in [1.54, 1.807) is 11.3 Å². The van der Waals surface area contributed by atoms with E-state index in [9.17, 15) is 8.42 Å². The zero-order chi connectivity index (χ0) is 13.8. The fourth-order valence-corrected chi connectivity index (χ4v) is 5.42. The van der Waals surface area contributed by atoms with E-state index in [0.717, 1.165) is 20.5 Å². The summed E-state index contributed by atoms with van der Waals surface area (Å²) in [4.78, 5) is 0. The largest absolute Gasteiger partial charge is 0.310 e. The topological polar surface area (TPSA) is 46.2 Å². The average molecular weight is 419 g/mol. The van der Waals surface area contributed by atoms with E-state index < -0.39 is 9.84 Å². The molecule has 0 aromatic carbocycles. The van der Waals surface area contributed by atoms with Crippen LogP contribution in [0.25, 0.3) is 0 Å². The van der Waals surface area contributed by atoms with Crippen molar-refractivity contribution in [2.24, 2.45) is 0 Å². The molecule has 0 spiro atoms. The Morgan fingerprint density at radius 3 is 2.56 bits per heavy atom. The number of nitrogens with one attached hydrogen (secondary N) is 1. The predicted molar refractivity (Wildman–Crippen MR) is 85.1 cm³/mol. The highest BCUT2D eigenvalue weighted by molar-refractivity contribution is 9.12. The van der Waals surface area contributed by atoms with Gasteiger partial charge in [-0.3, -0.25) is 0 Å². The highest BCUT2D eigenvalue weighted by atomic mass is 79.9. The van der Waals surface area contributed by atoms with Crippen molar-refractivity contribution in [2.45, 2.75) is 25.8 Å². The first-order chi connectivity index (χ1) is 8.33. The van der Waals surface area contributed by atoms with Gasteiger partial charge in [0.1, 0.15) is 9.84 Å². The summed E-state index contributed by atoms with van der Waals surface area (Å²) < 4.78 is 24.5. The Labute approximate surface area is 130 Å². The van der Waals surface area contributed by atoms with Gasteiger partial charge >= 0.3 is 0 Å². The number of sulfone groups is 1. The van der Waals surface area contributed by atoms with Crippen LogP contribution in [0, 0.1) is 0 Å². The van der Waals surface area contributed by atoms with Crippen LogP contribution in [0.5, 0.6) is 0 Å². The van der Waals surface area contributed by atoms with Crippen LogP contribution < -0.4 is 5.32 Å². The zero-order valence-electron chi connectivity index (χ0n) is 10.4. The van der Waals surface area contributed by atoms with Crippen molar-refractivity contribution >= 4 is 53.0 Å². The standard InChI is InChI=1S/C11H17Br2NO2S2/c1-3-14-9(5-4-6-18(2,15)16)8-7-10(12)17-11(8)13/h7,9,14H,3-6H2,1-2H3. The minimum absolute atomic E-state index is 0.202. The molecular weight excluding hydrogens is 402 g/mol. The van der Waals surface area contributed by atoms with Crippen LogP contribution in [-0.4, -0.2) is 27.0 Å². The van der Waals surface area contributed by atoms with Gasteiger partial charge in [-0.1, -0.05) is 6.92 Å². The fraction of sp³-hybridized carbons (Fsp3) is 0.636. The fourth-order valence-electron chi connectivity index (χ4n) is 1.75. The molecule has 3 nitrogen and oxygen atoms in total. The van der Waals surface area contributed by atoms with Crippen LogP contribution in [0.1, 0.15) is 31.4 Å². The summed E-state index contributed by atoms with van der Waals surface area (Å²) in [5.74, 6) is 0.248. The number of halogens is 2. The molecular formula is C11H17Br2NO2S2. The predicted octanol–water partition coefficient (Wildman–Crippen LogP) is 3.75. The third-order valence-electron chi connectivity index (χ3n) is 2.52. The van der Waals surface area contributed by atoms with Crippen LogP contribution >= 0.6 is 43.2 Å². The van der Waals surface area contributed by atoms with Gasteiger partial charge in [-0.05, 0) is 62.9 Å². The molecule has 1 N–H and O–H groups in total. The lowest BCUT2D eigenvalue weighted by molar-refractivity contribution is 0.507. The Kier molecular flexibility index (Phi) is 6.81. The maximum absolute atomic E-state index is 11.1. The van der Waals surface area contributed by atoms with Gasteiger partial charge in [0.15, 0.2) is 0 Å².